The number of unbranched alkanes of at least 4 members (excludes halogenated alkanes) is 1. The summed E-state index contributed by atoms with van der Waals surface area (Å²) in [5.41, 5.74) is 1.47. The first-order valence-electron chi connectivity index (χ1n) is 6.33. The van der Waals surface area contributed by atoms with E-state index in [-0.39, 0.29) is 0 Å². The van der Waals surface area contributed by atoms with E-state index in [0.717, 1.165) is 30.6 Å². The predicted molar refractivity (Wildman–Crippen MR) is 75.0 cm³/mol. The summed E-state index contributed by atoms with van der Waals surface area (Å²) in [6.07, 6.45) is 3.68. The number of aromatic nitrogens is 4. The highest BCUT2D eigenvalue weighted by molar-refractivity contribution is 7.71. The molecular formula is C12H18N4O2S. The van der Waals surface area contributed by atoms with E-state index in [1.54, 1.807) is 7.11 Å². The van der Waals surface area contributed by atoms with Gasteiger partial charge in [0.1, 0.15) is 11.8 Å². The van der Waals surface area contributed by atoms with Crippen LogP contribution in [0, 0.1) is 4.77 Å². The first-order chi connectivity index (χ1) is 9.27. The molecule has 2 heterocycles. The smallest absolute Gasteiger partial charge is 0.242 e. The third-order valence-electron chi connectivity index (χ3n) is 2.82. The molecule has 0 aliphatic heterocycles. The summed E-state index contributed by atoms with van der Waals surface area (Å²) in [7, 11) is 1.57. The maximum absolute atomic E-state index is 5.55. The van der Waals surface area contributed by atoms with Gasteiger partial charge in [-0.2, -0.15) is 4.98 Å². The average Bonchev–Trinajstić information content (AvgIpc) is 2.74. The van der Waals surface area contributed by atoms with Gasteiger partial charge in [-0.05, 0) is 18.6 Å². The van der Waals surface area contributed by atoms with Crippen LogP contribution in [0.25, 0.3) is 11.2 Å². The minimum atomic E-state index is 0.502. The van der Waals surface area contributed by atoms with Gasteiger partial charge in [0, 0.05) is 6.61 Å². The Hall–Kier alpha value is -1.47. The molecule has 7 heteroatoms. The lowest BCUT2D eigenvalue weighted by atomic mass is 10.4. The molecule has 0 aromatic carbocycles. The number of nitrogens with zero attached hydrogens (tertiary/aromatic N) is 3. The number of nitrogens with one attached hydrogen (secondary N) is 1. The molecule has 0 radical (unpaired) electrons. The molecular weight excluding hydrogens is 264 g/mol. The van der Waals surface area contributed by atoms with Gasteiger partial charge in [-0.3, -0.25) is 4.57 Å². The first kappa shape index (κ1) is 14.0. The van der Waals surface area contributed by atoms with Crippen LogP contribution in [0.2, 0.25) is 0 Å². The van der Waals surface area contributed by atoms with Crippen LogP contribution in [0.4, 0.5) is 0 Å². The molecule has 2 aromatic heterocycles. The Morgan fingerprint density at radius 2 is 2.21 bits per heavy atom. The highest BCUT2D eigenvalue weighted by Crippen LogP contribution is 2.19. The molecule has 0 spiro atoms. The van der Waals surface area contributed by atoms with Crippen LogP contribution in [-0.4, -0.2) is 39.8 Å². The summed E-state index contributed by atoms with van der Waals surface area (Å²) in [4.78, 5) is 11.4. The van der Waals surface area contributed by atoms with Gasteiger partial charge in [0.15, 0.2) is 10.4 Å². The van der Waals surface area contributed by atoms with Gasteiger partial charge in [0.2, 0.25) is 5.88 Å². The summed E-state index contributed by atoms with van der Waals surface area (Å²) >= 11 is 5.29. The van der Waals surface area contributed by atoms with Gasteiger partial charge >= 0.3 is 0 Å². The van der Waals surface area contributed by atoms with Crippen LogP contribution >= 0.6 is 12.2 Å². The highest BCUT2D eigenvalue weighted by atomic mass is 32.1. The Morgan fingerprint density at radius 1 is 1.37 bits per heavy atom. The lowest BCUT2D eigenvalue weighted by Crippen LogP contribution is -2.07. The van der Waals surface area contributed by atoms with E-state index in [0.29, 0.717) is 23.8 Å². The van der Waals surface area contributed by atoms with Crippen molar-refractivity contribution in [3.05, 3.63) is 11.1 Å². The molecule has 0 fully saturated rings. The summed E-state index contributed by atoms with van der Waals surface area (Å²) < 4.78 is 13.2. The molecule has 0 unspecified atom stereocenters. The summed E-state index contributed by atoms with van der Waals surface area (Å²) in [6.45, 7) is 4.21. The monoisotopic (exact) mass is 282 g/mol. The van der Waals surface area contributed by atoms with Crippen molar-refractivity contribution in [2.24, 2.45) is 0 Å². The van der Waals surface area contributed by atoms with E-state index >= 15 is 0 Å². The van der Waals surface area contributed by atoms with E-state index in [1.807, 2.05) is 4.57 Å². The summed E-state index contributed by atoms with van der Waals surface area (Å²) in [5.74, 6) is 0.502. The van der Waals surface area contributed by atoms with Crippen molar-refractivity contribution in [2.75, 3.05) is 20.3 Å². The molecule has 0 saturated carbocycles. The van der Waals surface area contributed by atoms with E-state index in [9.17, 15) is 0 Å². The van der Waals surface area contributed by atoms with E-state index < -0.39 is 0 Å². The second-order valence-corrected chi connectivity index (χ2v) is 4.52. The van der Waals surface area contributed by atoms with Gasteiger partial charge in [-0.1, -0.05) is 13.3 Å². The Kier molecular flexibility index (Phi) is 4.86. The fraction of sp³-hybridized carbons (Fsp3) is 0.583. The molecule has 0 bridgehead atoms. The number of aromatic amines is 1. The predicted octanol–water partition coefficient (Wildman–Crippen LogP) is 2.31. The van der Waals surface area contributed by atoms with E-state index in [2.05, 4.69) is 21.9 Å². The zero-order valence-electron chi connectivity index (χ0n) is 11.2. The maximum atomic E-state index is 5.55. The third-order valence-corrected chi connectivity index (χ3v) is 3.14. The van der Waals surface area contributed by atoms with Gasteiger partial charge < -0.3 is 14.5 Å². The largest absolute Gasteiger partial charge is 0.479 e. The van der Waals surface area contributed by atoms with Crippen molar-refractivity contribution < 1.29 is 9.47 Å². The van der Waals surface area contributed by atoms with Crippen LogP contribution in [0.3, 0.4) is 0 Å². The fourth-order valence-electron chi connectivity index (χ4n) is 1.81. The Labute approximate surface area is 116 Å². The van der Waals surface area contributed by atoms with Crippen LogP contribution in [-0.2, 0) is 11.3 Å². The van der Waals surface area contributed by atoms with Crippen LogP contribution in [0.15, 0.2) is 6.33 Å². The lowest BCUT2D eigenvalue weighted by molar-refractivity contribution is 0.124. The molecule has 0 saturated heterocycles. The van der Waals surface area contributed by atoms with Crippen molar-refractivity contribution in [2.45, 2.75) is 26.3 Å². The molecule has 0 atom stereocenters. The molecule has 6 nitrogen and oxygen atoms in total. The number of H-pyrrole nitrogens is 1. The normalized spacial score (nSPS) is 11.1. The second kappa shape index (κ2) is 6.63. The summed E-state index contributed by atoms with van der Waals surface area (Å²) in [6, 6.07) is 0. The zero-order chi connectivity index (χ0) is 13.7. The number of hydrogen-bond donors (Lipinski definition) is 1. The number of rotatable bonds is 7. The molecule has 0 aliphatic rings. The number of methoxy groups -OCH3 is 1. The lowest BCUT2D eigenvalue weighted by Gasteiger charge is -2.05. The van der Waals surface area contributed by atoms with Crippen LogP contribution < -0.4 is 4.74 Å². The quantitative estimate of drug-likeness (QED) is 0.623. The molecule has 0 aliphatic carbocycles. The number of ether oxygens (including phenoxy) is 2. The van der Waals surface area contributed by atoms with Crippen molar-refractivity contribution in [1.29, 1.82) is 0 Å². The number of fused-ring (bicyclic) bond motifs is 1. The minimum Gasteiger partial charge on any atom is -0.479 e. The zero-order valence-corrected chi connectivity index (χ0v) is 12.0. The number of hydrogen-bond acceptors (Lipinski definition) is 5. The maximum Gasteiger partial charge on any atom is 0.242 e. The first-order valence-corrected chi connectivity index (χ1v) is 6.74. The van der Waals surface area contributed by atoms with E-state index in [4.69, 9.17) is 21.7 Å². The molecule has 2 aromatic rings. The molecule has 1 N–H and O–H groups in total. The van der Waals surface area contributed by atoms with Gasteiger partial charge in [-0.15, -0.1) is 0 Å². The molecule has 104 valence electrons. The van der Waals surface area contributed by atoms with Crippen LogP contribution in [0.5, 0.6) is 5.88 Å². The van der Waals surface area contributed by atoms with Crippen molar-refractivity contribution in [3.63, 3.8) is 0 Å². The molecule has 2 rings (SSSR count). The van der Waals surface area contributed by atoms with E-state index in [1.165, 1.54) is 6.33 Å². The van der Waals surface area contributed by atoms with Gasteiger partial charge in [0.25, 0.3) is 0 Å². The topological polar surface area (TPSA) is 65.0 Å². The third kappa shape index (κ3) is 3.10. The number of imidazole rings is 1. The van der Waals surface area contributed by atoms with Crippen LogP contribution in [0.1, 0.15) is 19.8 Å². The molecule has 19 heavy (non-hydrogen) atoms. The van der Waals surface area contributed by atoms with Crippen molar-refractivity contribution >= 4 is 23.4 Å². The standard InChI is InChI=1S/C12H18N4O2S/c1-3-4-6-18-7-5-16-10-9(15-12(16)19)11(17-2)14-8-13-10/h8H,3-7H2,1-2H3,(H,15,19). The van der Waals surface area contributed by atoms with Gasteiger partial charge in [-0.25, -0.2) is 4.98 Å². The molecule has 0 amide bonds. The van der Waals surface area contributed by atoms with Crippen molar-refractivity contribution in [3.8, 4) is 5.88 Å². The Morgan fingerprint density at radius 3 is 2.95 bits per heavy atom. The Bertz CT molecular complexity index is 593. The Balaban J connectivity index is 2.14. The minimum absolute atomic E-state index is 0.502. The van der Waals surface area contributed by atoms with Gasteiger partial charge in [0.05, 0.1) is 20.3 Å². The fourth-order valence-corrected chi connectivity index (χ4v) is 2.09. The SMILES string of the molecule is CCCCOCCn1c(=S)[nH]c2c(OC)ncnc21. The van der Waals surface area contributed by atoms with Crippen molar-refractivity contribution in [1.82, 2.24) is 19.5 Å². The highest BCUT2D eigenvalue weighted by Gasteiger charge is 2.10. The average molecular weight is 282 g/mol. The second-order valence-electron chi connectivity index (χ2n) is 4.13. The summed E-state index contributed by atoms with van der Waals surface area (Å²) in [5, 5.41) is 0.